The van der Waals surface area contributed by atoms with Crippen LogP contribution in [0.1, 0.15) is 12.0 Å². The van der Waals surface area contributed by atoms with E-state index in [-0.39, 0.29) is 0 Å². The smallest absolute Gasteiger partial charge is 0.128 e. The summed E-state index contributed by atoms with van der Waals surface area (Å²) in [6.07, 6.45) is 2.52. The zero-order valence-corrected chi connectivity index (χ0v) is 8.27. The molecule has 1 aromatic rings. The summed E-state index contributed by atoms with van der Waals surface area (Å²) in [6, 6.07) is 5.64. The lowest BCUT2D eigenvalue weighted by Crippen LogP contribution is -2.21. The van der Waals surface area contributed by atoms with E-state index in [9.17, 15) is 0 Å². The number of pyridine rings is 1. The van der Waals surface area contributed by atoms with Gasteiger partial charge in [0.15, 0.2) is 0 Å². The molecule has 0 saturated heterocycles. The van der Waals surface area contributed by atoms with Crippen LogP contribution in [0.3, 0.4) is 0 Å². The van der Waals surface area contributed by atoms with Crippen molar-refractivity contribution in [2.24, 2.45) is 5.73 Å². The van der Waals surface area contributed by atoms with Crippen LogP contribution in [0.25, 0.3) is 0 Å². The van der Waals surface area contributed by atoms with Gasteiger partial charge in [0.2, 0.25) is 0 Å². The molecule has 0 atom stereocenters. The van der Waals surface area contributed by atoms with Crippen LogP contribution in [0.4, 0.5) is 5.82 Å². The maximum Gasteiger partial charge on any atom is 0.128 e. The quantitative estimate of drug-likeness (QED) is 0.760. The van der Waals surface area contributed by atoms with E-state index in [1.54, 1.807) is 12.3 Å². The first-order valence-electron chi connectivity index (χ1n) is 4.55. The zero-order chi connectivity index (χ0) is 10.4. The molecule has 0 aliphatic rings. The Morgan fingerprint density at radius 2 is 2.36 bits per heavy atom. The van der Waals surface area contributed by atoms with Gasteiger partial charge in [-0.3, -0.25) is 0 Å². The molecule has 74 valence electrons. The average Bonchev–Trinajstić information content (AvgIpc) is 2.26. The number of anilines is 1. The van der Waals surface area contributed by atoms with Crippen molar-refractivity contribution in [2.75, 3.05) is 25.0 Å². The number of nitrogens with zero attached hydrogens (tertiary/aromatic N) is 3. The fourth-order valence-electron chi connectivity index (χ4n) is 1.12. The van der Waals surface area contributed by atoms with Crippen molar-refractivity contribution in [1.29, 1.82) is 5.26 Å². The molecule has 2 N–H and O–H groups in total. The van der Waals surface area contributed by atoms with Crippen LogP contribution < -0.4 is 10.6 Å². The maximum absolute atomic E-state index is 8.59. The minimum atomic E-state index is 0.584. The molecule has 1 heterocycles. The summed E-state index contributed by atoms with van der Waals surface area (Å²) < 4.78 is 0. The Balaban J connectivity index is 2.63. The summed E-state index contributed by atoms with van der Waals surface area (Å²) in [5.74, 6) is 0.873. The highest BCUT2D eigenvalue weighted by Gasteiger charge is 2.00. The number of nitriles is 1. The Bertz CT molecular complexity index is 312. The normalized spacial score (nSPS) is 9.50. The lowest BCUT2D eigenvalue weighted by molar-refractivity contribution is 0.787. The second kappa shape index (κ2) is 5.20. The van der Waals surface area contributed by atoms with Crippen molar-refractivity contribution in [1.82, 2.24) is 4.98 Å². The van der Waals surface area contributed by atoms with E-state index in [4.69, 9.17) is 11.0 Å². The van der Waals surface area contributed by atoms with Crippen molar-refractivity contribution >= 4 is 5.82 Å². The van der Waals surface area contributed by atoms with Crippen LogP contribution in [0.5, 0.6) is 0 Å². The van der Waals surface area contributed by atoms with E-state index >= 15 is 0 Å². The van der Waals surface area contributed by atoms with E-state index in [1.165, 1.54) is 0 Å². The van der Waals surface area contributed by atoms with Gasteiger partial charge in [0.25, 0.3) is 0 Å². The van der Waals surface area contributed by atoms with E-state index < -0.39 is 0 Å². The predicted molar refractivity (Wildman–Crippen MR) is 55.9 cm³/mol. The van der Waals surface area contributed by atoms with Crippen molar-refractivity contribution < 1.29 is 0 Å². The molecule has 0 amide bonds. The lowest BCUT2D eigenvalue weighted by atomic mass is 10.3. The Labute approximate surface area is 84.0 Å². The SMILES string of the molecule is CN(CCCN)c1ccc(C#N)cn1. The third kappa shape index (κ3) is 2.71. The fraction of sp³-hybridized carbons (Fsp3) is 0.400. The zero-order valence-electron chi connectivity index (χ0n) is 8.27. The second-order valence-corrected chi connectivity index (χ2v) is 3.08. The highest BCUT2D eigenvalue weighted by atomic mass is 15.2. The molecule has 4 nitrogen and oxygen atoms in total. The van der Waals surface area contributed by atoms with E-state index in [2.05, 4.69) is 4.98 Å². The summed E-state index contributed by atoms with van der Waals surface area (Å²) in [6.45, 7) is 1.57. The standard InChI is InChI=1S/C10H14N4/c1-14(6-2-5-11)10-4-3-9(7-12)8-13-10/h3-4,8H,2,5-6,11H2,1H3. The van der Waals surface area contributed by atoms with E-state index in [1.807, 2.05) is 24.1 Å². The number of nitrogens with two attached hydrogens (primary N) is 1. The molecule has 0 aromatic carbocycles. The van der Waals surface area contributed by atoms with Crippen LogP contribution in [0, 0.1) is 11.3 Å². The van der Waals surface area contributed by atoms with Gasteiger partial charge < -0.3 is 10.6 Å². The molecule has 4 heteroatoms. The van der Waals surface area contributed by atoms with Gasteiger partial charge in [-0.2, -0.15) is 5.26 Å². The van der Waals surface area contributed by atoms with Crippen LogP contribution in [-0.2, 0) is 0 Å². The lowest BCUT2D eigenvalue weighted by Gasteiger charge is -2.17. The minimum Gasteiger partial charge on any atom is -0.360 e. The van der Waals surface area contributed by atoms with Crippen LogP contribution >= 0.6 is 0 Å². The highest BCUT2D eigenvalue weighted by Crippen LogP contribution is 2.08. The molecular formula is C10H14N4. The van der Waals surface area contributed by atoms with Gasteiger partial charge in [-0.15, -0.1) is 0 Å². The van der Waals surface area contributed by atoms with Gasteiger partial charge >= 0.3 is 0 Å². The molecule has 0 aliphatic heterocycles. The van der Waals surface area contributed by atoms with Crippen LogP contribution in [0.2, 0.25) is 0 Å². The largest absolute Gasteiger partial charge is 0.360 e. The van der Waals surface area contributed by atoms with Crippen molar-refractivity contribution in [3.63, 3.8) is 0 Å². The Morgan fingerprint density at radius 1 is 1.57 bits per heavy atom. The molecule has 0 aliphatic carbocycles. The molecular weight excluding hydrogens is 176 g/mol. The Morgan fingerprint density at radius 3 is 2.86 bits per heavy atom. The number of rotatable bonds is 4. The first kappa shape index (κ1) is 10.5. The molecule has 0 bridgehead atoms. The van der Waals surface area contributed by atoms with Gasteiger partial charge in [0.05, 0.1) is 5.56 Å². The summed E-state index contributed by atoms with van der Waals surface area (Å²) in [5, 5.41) is 8.59. The molecule has 1 aromatic heterocycles. The first-order chi connectivity index (χ1) is 6.77. The molecule has 0 fully saturated rings. The summed E-state index contributed by atoms with van der Waals surface area (Å²) in [4.78, 5) is 6.19. The summed E-state index contributed by atoms with van der Waals surface area (Å²) in [5.41, 5.74) is 5.99. The van der Waals surface area contributed by atoms with Gasteiger partial charge in [-0.25, -0.2) is 4.98 Å². The van der Waals surface area contributed by atoms with Crippen molar-refractivity contribution in [3.8, 4) is 6.07 Å². The topological polar surface area (TPSA) is 65.9 Å². The molecule has 1 rings (SSSR count). The third-order valence-corrected chi connectivity index (χ3v) is 1.97. The Hall–Kier alpha value is -1.60. The Kier molecular flexibility index (Phi) is 3.89. The van der Waals surface area contributed by atoms with Crippen LogP contribution in [0.15, 0.2) is 18.3 Å². The molecule has 14 heavy (non-hydrogen) atoms. The minimum absolute atomic E-state index is 0.584. The summed E-state index contributed by atoms with van der Waals surface area (Å²) >= 11 is 0. The third-order valence-electron chi connectivity index (χ3n) is 1.97. The second-order valence-electron chi connectivity index (χ2n) is 3.08. The van der Waals surface area contributed by atoms with Crippen LogP contribution in [-0.4, -0.2) is 25.1 Å². The number of hydrogen-bond donors (Lipinski definition) is 1. The summed E-state index contributed by atoms with van der Waals surface area (Å²) in [7, 11) is 1.96. The molecule has 0 spiro atoms. The first-order valence-corrected chi connectivity index (χ1v) is 4.55. The van der Waals surface area contributed by atoms with Gasteiger partial charge in [0, 0.05) is 19.8 Å². The van der Waals surface area contributed by atoms with Crippen molar-refractivity contribution in [3.05, 3.63) is 23.9 Å². The average molecular weight is 190 g/mol. The monoisotopic (exact) mass is 190 g/mol. The fourth-order valence-corrected chi connectivity index (χ4v) is 1.12. The number of hydrogen-bond acceptors (Lipinski definition) is 4. The van der Waals surface area contributed by atoms with Gasteiger partial charge in [-0.1, -0.05) is 0 Å². The molecule has 0 radical (unpaired) electrons. The molecule has 0 saturated carbocycles. The molecule has 0 unspecified atom stereocenters. The highest BCUT2D eigenvalue weighted by molar-refractivity contribution is 5.40. The van der Waals surface area contributed by atoms with Gasteiger partial charge in [0.1, 0.15) is 11.9 Å². The maximum atomic E-state index is 8.59. The van der Waals surface area contributed by atoms with E-state index in [0.717, 1.165) is 18.8 Å². The number of aromatic nitrogens is 1. The predicted octanol–water partition coefficient (Wildman–Crippen LogP) is 0.738. The van der Waals surface area contributed by atoms with Gasteiger partial charge in [-0.05, 0) is 25.1 Å². The van der Waals surface area contributed by atoms with E-state index in [0.29, 0.717) is 12.1 Å². The van der Waals surface area contributed by atoms with Crippen molar-refractivity contribution in [2.45, 2.75) is 6.42 Å².